The first-order valence-electron chi connectivity index (χ1n) is 12.2. The molecule has 0 unspecified atom stereocenters. The van der Waals surface area contributed by atoms with Crippen molar-refractivity contribution in [2.24, 2.45) is 17.1 Å². The van der Waals surface area contributed by atoms with E-state index in [2.05, 4.69) is 25.9 Å². The minimum absolute atomic E-state index is 0.0371. The van der Waals surface area contributed by atoms with Gasteiger partial charge in [0.15, 0.2) is 10.8 Å². The Labute approximate surface area is 228 Å². The number of ketones is 1. The lowest BCUT2D eigenvalue weighted by Gasteiger charge is -2.36. The van der Waals surface area contributed by atoms with Crippen molar-refractivity contribution in [1.82, 2.24) is 25.2 Å². The molecule has 2 N–H and O–H groups in total. The fourth-order valence-corrected chi connectivity index (χ4v) is 6.00. The molecule has 2 aromatic heterocycles. The number of anilines is 1. The Morgan fingerprint density at radius 1 is 1.21 bits per heavy atom. The molecule has 0 saturated heterocycles. The monoisotopic (exact) mass is 561 g/mol. The summed E-state index contributed by atoms with van der Waals surface area (Å²) in [5, 5.41) is 10.3. The molecule has 1 aliphatic carbocycles. The van der Waals surface area contributed by atoms with E-state index in [1.807, 2.05) is 0 Å². The number of halogens is 1. The molecular formula is C24H28ClN7O5S. The Hall–Kier alpha value is -3.45. The topological polar surface area (TPSA) is 154 Å². The zero-order valence-corrected chi connectivity index (χ0v) is 22.5. The molecule has 202 valence electrons. The van der Waals surface area contributed by atoms with E-state index >= 15 is 0 Å². The molecule has 0 aromatic carbocycles. The number of hydrogen-bond donors (Lipinski definition) is 2. The van der Waals surface area contributed by atoms with Crippen LogP contribution in [0.15, 0.2) is 23.6 Å². The van der Waals surface area contributed by atoms with Gasteiger partial charge in [-0.1, -0.05) is 11.6 Å². The first-order chi connectivity index (χ1) is 18.1. The standard InChI is InChI=1S/C24H28ClN7O5S/c1-31(2)24(36)13-3-5-16(27-21(34)22(35)29-20-6-4-15(25)11-26-20)14(9-13)10-18(33)23-28-17-7-8-32(30-37)12-19(17)38-23/h4,6,11,13-14,16H,3,5,7-10,12H2,1-2H3,(H,27,34)(H,26,29,35)/t13-,14-,16-/m0/s1. The Balaban J connectivity index is 1.46. The van der Waals surface area contributed by atoms with Crippen LogP contribution in [-0.2, 0) is 27.3 Å². The number of Topliss-reactive ketones (excluding diaryl/α,β-unsaturated/α-hetero) is 1. The van der Waals surface area contributed by atoms with Gasteiger partial charge in [0, 0.05) is 56.5 Å². The summed E-state index contributed by atoms with van der Waals surface area (Å²) in [4.78, 5) is 72.8. The largest absolute Gasteiger partial charge is 0.349 e. The van der Waals surface area contributed by atoms with Crippen molar-refractivity contribution < 1.29 is 19.2 Å². The molecule has 12 nitrogen and oxygen atoms in total. The minimum Gasteiger partial charge on any atom is -0.349 e. The molecule has 2 aliphatic rings. The number of thiazole rings is 1. The first-order valence-corrected chi connectivity index (χ1v) is 13.4. The fraction of sp³-hybridized carbons (Fsp3) is 0.500. The van der Waals surface area contributed by atoms with E-state index in [9.17, 15) is 24.1 Å². The average Bonchev–Trinajstić information content (AvgIpc) is 3.34. The maximum atomic E-state index is 13.3. The van der Waals surface area contributed by atoms with Gasteiger partial charge in [0.2, 0.25) is 5.91 Å². The molecule has 3 amide bonds. The Kier molecular flexibility index (Phi) is 8.67. The normalized spacial score (nSPS) is 20.7. The van der Waals surface area contributed by atoms with Crippen LogP contribution in [0, 0.1) is 16.7 Å². The summed E-state index contributed by atoms with van der Waals surface area (Å²) in [6.07, 6.45) is 3.29. The average molecular weight is 562 g/mol. The zero-order valence-electron chi connectivity index (χ0n) is 21.0. The van der Waals surface area contributed by atoms with Crippen LogP contribution in [0.2, 0.25) is 5.02 Å². The molecule has 0 radical (unpaired) electrons. The van der Waals surface area contributed by atoms with Crippen LogP contribution in [0.25, 0.3) is 0 Å². The van der Waals surface area contributed by atoms with Crippen molar-refractivity contribution in [3.05, 3.63) is 43.8 Å². The van der Waals surface area contributed by atoms with E-state index in [-0.39, 0.29) is 35.8 Å². The van der Waals surface area contributed by atoms with Crippen molar-refractivity contribution in [2.75, 3.05) is 26.0 Å². The summed E-state index contributed by atoms with van der Waals surface area (Å²) >= 11 is 7.05. The molecule has 1 saturated carbocycles. The quantitative estimate of drug-likeness (QED) is 0.297. The van der Waals surface area contributed by atoms with Crippen molar-refractivity contribution in [2.45, 2.75) is 44.7 Å². The zero-order chi connectivity index (χ0) is 27.4. The summed E-state index contributed by atoms with van der Waals surface area (Å²) in [5.41, 5.74) is 0.792. The number of carbonyl (C=O) groups is 4. The van der Waals surface area contributed by atoms with Gasteiger partial charge in [-0.3, -0.25) is 24.2 Å². The van der Waals surface area contributed by atoms with Crippen LogP contribution >= 0.6 is 22.9 Å². The van der Waals surface area contributed by atoms with E-state index in [0.717, 1.165) is 10.6 Å². The minimum atomic E-state index is -0.891. The molecule has 2 aromatic rings. The molecular weight excluding hydrogens is 534 g/mol. The van der Waals surface area contributed by atoms with Gasteiger partial charge in [0.05, 0.1) is 22.5 Å². The molecule has 4 rings (SSSR count). The van der Waals surface area contributed by atoms with Crippen molar-refractivity contribution in [3.8, 4) is 0 Å². The number of fused-ring (bicyclic) bond motifs is 1. The lowest BCUT2D eigenvalue weighted by molar-refractivity contribution is -0.138. The van der Waals surface area contributed by atoms with Crippen LogP contribution in [0.3, 0.4) is 0 Å². The van der Waals surface area contributed by atoms with Gasteiger partial charge in [-0.25, -0.2) is 9.97 Å². The van der Waals surface area contributed by atoms with E-state index in [1.165, 1.54) is 39.6 Å². The first kappa shape index (κ1) is 27.6. The second kappa shape index (κ2) is 11.9. The number of nitrogens with one attached hydrogen (secondary N) is 2. The van der Waals surface area contributed by atoms with E-state index in [1.54, 1.807) is 14.1 Å². The second-order valence-corrected chi connectivity index (χ2v) is 11.2. The third-order valence-corrected chi connectivity index (χ3v) is 8.12. The van der Waals surface area contributed by atoms with Crippen LogP contribution in [0.4, 0.5) is 5.82 Å². The van der Waals surface area contributed by atoms with E-state index < -0.39 is 17.9 Å². The van der Waals surface area contributed by atoms with Gasteiger partial charge < -0.3 is 15.5 Å². The number of hydrogen-bond acceptors (Lipinski definition) is 9. The molecule has 3 atom stereocenters. The molecule has 0 spiro atoms. The predicted molar refractivity (Wildman–Crippen MR) is 140 cm³/mol. The van der Waals surface area contributed by atoms with Crippen LogP contribution in [-0.4, -0.2) is 70.1 Å². The van der Waals surface area contributed by atoms with Crippen LogP contribution < -0.4 is 10.6 Å². The van der Waals surface area contributed by atoms with Crippen LogP contribution in [0.1, 0.15) is 46.1 Å². The highest BCUT2D eigenvalue weighted by Crippen LogP contribution is 2.34. The highest BCUT2D eigenvalue weighted by Gasteiger charge is 2.38. The summed E-state index contributed by atoms with van der Waals surface area (Å²) in [6.45, 7) is 0.773. The van der Waals surface area contributed by atoms with Crippen molar-refractivity contribution in [3.63, 3.8) is 0 Å². The maximum absolute atomic E-state index is 13.3. The highest BCUT2D eigenvalue weighted by molar-refractivity contribution is 7.13. The molecule has 3 heterocycles. The second-order valence-electron chi connectivity index (χ2n) is 9.63. The summed E-state index contributed by atoms with van der Waals surface area (Å²) in [6, 6.07) is 2.53. The Morgan fingerprint density at radius 2 is 2.00 bits per heavy atom. The fourth-order valence-electron chi connectivity index (χ4n) is 4.82. The van der Waals surface area contributed by atoms with E-state index in [4.69, 9.17) is 11.6 Å². The molecule has 0 bridgehead atoms. The highest BCUT2D eigenvalue weighted by atomic mass is 35.5. The Bertz CT molecular complexity index is 1240. The number of carbonyl (C=O) groups excluding carboxylic acids is 4. The third kappa shape index (κ3) is 6.51. The van der Waals surface area contributed by atoms with Gasteiger partial charge in [-0.05, 0) is 37.3 Å². The number of nitrogens with zero attached hydrogens (tertiary/aromatic N) is 5. The number of nitroso groups, excluding NO2 is 1. The number of aromatic nitrogens is 2. The van der Waals surface area contributed by atoms with Crippen molar-refractivity contribution in [1.29, 1.82) is 0 Å². The van der Waals surface area contributed by atoms with Gasteiger partial charge >= 0.3 is 11.8 Å². The van der Waals surface area contributed by atoms with Gasteiger partial charge in [0.25, 0.3) is 0 Å². The van der Waals surface area contributed by atoms with Crippen LogP contribution in [0.5, 0.6) is 0 Å². The lowest BCUT2D eigenvalue weighted by atomic mass is 9.75. The van der Waals surface area contributed by atoms with Gasteiger partial charge in [-0.15, -0.1) is 16.2 Å². The number of rotatable bonds is 7. The third-order valence-electron chi connectivity index (χ3n) is 6.78. The SMILES string of the molecule is CN(C)C(=O)[C@H]1CC[C@H](NC(=O)C(=O)Nc2ccc(Cl)cn2)[C@H](CC(=O)c2nc3c(s2)CN(N=O)CC3)C1. The molecule has 1 fully saturated rings. The summed E-state index contributed by atoms with van der Waals surface area (Å²) in [7, 11) is 3.37. The lowest BCUT2D eigenvalue weighted by Crippen LogP contribution is -2.49. The Morgan fingerprint density at radius 3 is 2.68 bits per heavy atom. The number of pyridine rings is 1. The maximum Gasteiger partial charge on any atom is 0.314 e. The van der Waals surface area contributed by atoms with E-state index in [0.29, 0.717) is 48.8 Å². The van der Waals surface area contributed by atoms with Gasteiger partial charge in [0.1, 0.15) is 5.82 Å². The molecule has 1 aliphatic heterocycles. The number of amides is 3. The van der Waals surface area contributed by atoms with Crippen molar-refractivity contribution >= 4 is 52.3 Å². The predicted octanol–water partition coefficient (Wildman–Crippen LogP) is 2.43. The van der Waals surface area contributed by atoms with Gasteiger partial charge in [-0.2, -0.15) is 0 Å². The molecule has 38 heavy (non-hydrogen) atoms. The summed E-state index contributed by atoms with van der Waals surface area (Å²) < 4.78 is 0. The molecule has 14 heteroatoms. The summed E-state index contributed by atoms with van der Waals surface area (Å²) in [5.74, 6) is -2.47. The smallest absolute Gasteiger partial charge is 0.314 e.